The van der Waals surface area contributed by atoms with Crippen LogP contribution in [0.4, 0.5) is 11.5 Å². The Kier molecular flexibility index (Phi) is 2.72. The Labute approximate surface area is 106 Å². The van der Waals surface area contributed by atoms with Gasteiger partial charge in [0.15, 0.2) is 0 Å². The van der Waals surface area contributed by atoms with E-state index in [-0.39, 0.29) is 0 Å². The van der Waals surface area contributed by atoms with Gasteiger partial charge in [0, 0.05) is 30.5 Å². The summed E-state index contributed by atoms with van der Waals surface area (Å²) in [4.78, 5) is 11.0. The minimum atomic E-state index is 0.467. The van der Waals surface area contributed by atoms with Crippen LogP contribution in [0.3, 0.4) is 0 Å². The summed E-state index contributed by atoms with van der Waals surface area (Å²) in [5.74, 6) is 1.74. The van der Waals surface area contributed by atoms with Crippen molar-refractivity contribution in [1.29, 1.82) is 0 Å². The zero-order chi connectivity index (χ0) is 12.5. The highest BCUT2D eigenvalue weighted by molar-refractivity contribution is 5.69. The number of fused-ring (bicyclic) bond motifs is 1. The van der Waals surface area contributed by atoms with E-state index in [9.17, 15) is 0 Å². The van der Waals surface area contributed by atoms with Crippen LogP contribution < -0.4 is 10.6 Å². The van der Waals surface area contributed by atoms with Crippen LogP contribution in [0.2, 0.25) is 0 Å². The highest BCUT2D eigenvalue weighted by atomic mass is 15.2. The van der Waals surface area contributed by atoms with Gasteiger partial charge in [-0.3, -0.25) is 0 Å². The number of nitrogens with zero attached hydrogens (tertiary/aromatic N) is 3. The first-order chi connectivity index (χ1) is 8.79. The summed E-state index contributed by atoms with van der Waals surface area (Å²) in [7, 11) is 0. The van der Waals surface area contributed by atoms with E-state index in [1.54, 1.807) is 0 Å². The minimum absolute atomic E-state index is 0.467. The van der Waals surface area contributed by atoms with Gasteiger partial charge < -0.3 is 10.6 Å². The number of para-hydroxylation sites is 1. The van der Waals surface area contributed by atoms with Crippen LogP contribution in [0.25, 0.3) is 0 Å². The molecular weight excluding hydrogens is 224 g/mol. The molecule has 4 nitrogen and oxygen atoms in total. The Morgan fingerprint density at radius 1 is 1.33 bits per heavy atom. The summed E-state index contributed by atoms with van der Waals surface area (Å²) in [6.07, 6.45) is 2.89. The van der Waals surface area contributed by atoms with Crippen molar-refractivity contribution in [1.82, 2.24) is 9.97 Å². The third-order valence-corrected chi connectivity index (χ3v) is 3.32. The Morgan fingerprint density at radius 2 is 2.17 bits per heavy atom. The molecule has 0 bridgehead atoms. The zero-order valence-electron chi connectivity index (χ0n) is 10.4. The van der Waals surface area contributed by atoms with Gasteiger partial charge in [0.1, 0.15) is 11.6 Å². The van der Waals surface area contributed by atoms with E-state index in [1.807, 2.05) is 13.1 Å². The lowest BCUT2D eigenvalue weighted by Gasteiger charge is -2.21. The summed E-state index contributed by atoms with van der Waals surface area (Å²) in [5.41, 5.74) is 9.39. The highest BCUT2D eigenvalue weighted by Gasteiger charge is 2.22. The fraction of sp³-hybridized carbons (Fsp3) is 0.286. The van der Waals surface area contributed by atoms with E-state index >= 15 is 0 Å². The number of hydrogen-bond donors (Lipinski definition) is 1. The van der Waals surface area contributed by atoms with Gasteiger partial charge in [-0.05, 0) is 25.0 Å². The molecule has 1 aliphatic rings. The minimum Gasteiger partial charge on any atom is -0.326 e. The summed E-state index contributed by atoms with van der Waals surface area (Å²) in [6.45, 7) is 3.34. The molecule has 1 aromatic carbocycles. The lowest BCUT2D eigenvalue weighted by Crippen LogP contribution is -2.19. The zero-order valence-corrected chi connectivity index (χ0v) is 10.4. The first-order valence-corrected chi connectivity index (χ1v) is 6.17. The number of aryl methyl sites for hydroxylation is 1. The van der Waals surface area contributed by atoms with Crippen LogP contribution in [0.15, 0.2) is 30.5 Å². The fourth-order valence-electron chi connectivity index (χ4n) is 2.42. The van der Waals surface area contributed by atoms with Gasteiger partial charge in [-0.25, -0.2) is 9.97 Å². The molecule has 4 heteroatoms. The van der Waals surface area contributed by atoms with Crippen molar-refractivity contribution < 1.29 is 0 Å². The average Bonchev–Trinajstić information content (AvgIpc) is 2.82. The van der Waals surface area contributed by atoms with Crippen molar-refractivity contribution in [2.45, 2.75) is 19.9 Å². The van der Waals surface area contributed by atoms with Crippen molar-refractivity contribution in [3.05, 3.63) is 47.4 Å². The van der Waals surface area contributed by atoms with Crippen molar-refractivity contribution in [2.75, 3.05) is 11.4 Å². The highest BCUT2D eigenvalue weighted by Crippen LogP contribution is 2.34. The van der Waals surface area contributed by atoms with Crippen LogP contribution in [-0.2, 0) is 13.0 Å². The molecule has 1 aliphatic heterocycles. The predicted octanol–water partition coefficient (Wildman–Crippen LogP) is 1.94. The van der Waals surface area contributed by atoms with Gasteiger partial charge in [-0.15, -0.1) is 0 Å². The van der Waals surface area contributed by atoms with Crippen LogP contribution in [0, 0.1) is 6.92 Å². The maximum atomic E-state index is 5.78. The number of hydrogen-bond acceptors (Lipinski definition) is 4. The lowest BCUT2D eigenvalue weighted by molar-refractivity contribution is 0.904. The molecule has 0 radical (unpaired) electrons. The van der Waals surface area contributed by atoms with Crippen LogP contribution in [-0.4, -0.2) is 16.5 Å². The molecule has 0 aliphatic carbocycles. The molecule has 0 unspecified atom stereocenters. The number of nitrogens with two attached hydrogens (primary N) is 1. The van der Waals surface area contributed by atoms with Crippen molar-refractivity contribution in [3.8, 4) is 0 Å². The monoisotopic (exact) mass is 240 g/mol. The maximum absolute atomic E-state index is 5.78. The second-order valence-corrected chi connectivity index (χ2v) is 4.50. The second-order valence-electron chi connectivity index (χ2n) is 4.50. The quantitative estimate of drug-likeness (QED) is 0.871. The van der Waals surface area contributed by atoms with E-state index < -0.39 is 0 Å². The molecule has 2 N–H and O–H groups in total. The molecule has 18 heavy (non-hydrogen) atoms. The first kappa shape index (κ1) is 11.2. The third-order valence-electron chi connectivity index (χ3n) is 3.32. The summed E-state index contributed by atoms with van der Waals surface area (Å²) < 4.78 is 0. The van der Waals surface area contributed by atoms with E-state index in [0.717, 1.165) is 30.2 Å². The van der Waals surface area contributed by atoms with Crippen LogP contribution >= 0.6 is 0 Å². The van der Waals surface area contributed by atoms with Gasteiger partial charge >= 0.3 is 0 Å². The molecule has 2 aromatic rings. The molecule has 92 valence electrons. The van der Waals surface area contributed by atoms with E-state index in [4.69, 9.17) is 5.73 Å². The summed E-state index contributed by atoms with van der Waals surface area (Å²) in [6, 6.07) is 8.45. The number of rotatable bonds is 2. The SMILES string of the molecule is Cc1ncc(CN)c(N2CCc3ccccc32)n1. The average molecular weight is 240 g/mol. The molecule has 0 saturated carbocycles. The Bertz CT molecular complexity index is 580. The Hall–Kier alpha value is -1.94. The normalized spacial score (nSPS) is 13.8. The fourth-order valence-corrected chi connectivity index (χ4v) is 2.42. The number of benzene rings is 1. The maximum Gasteiger partial charge on any atom is 0.141 e. The predicted molar refractivity (Wildman–Crippen MR) is 71.8 cm³/mol. The van der Waals surface area contributed by atoms with Gasteiger partial charge in [-0.1, -0.05) is 18.2 Å². The van der Waals surface area contributed by atoms with E-state index in [2.05, 4.69) is 39.1 Å². The Balaban J connectivity index is 2.09. The summed E-state index contributed by atoms with van der Waals surface area (Å²) >= 11 is 0. The van der Waals surface area contributed by atoms with Crippen LogP contribution in [0.5, 0.6) is 0 Å². The molecule has 3 rings (SSSR count). The smallest absolute Gasteiger partial charge is 0.141 e. The molecule has 1 aromatic heterocycles. The third kappa shape index (κ3) is 1.75. The molecule has 0 spiro atoms. The second kappa shape index (κ2) is 4.38. The number of aromatic nitrogens is 2. The number of anilines is 2. The molecule has 0 saturated heterocycles. The van der Waals surface area contributed by atoms with Gasteiger partial charge in [0.2, 0.25) is 0 Å². The molecule has 0 atom stereocenters. The van der Waals surface area contributed by atoms with Crippen molar-refractivity contribution >= 4 is 11.5 Å². The molecule has 2 heterocycles. The molecule has 0 amide bonds. The standard InChI is InChI=1S/C14H16N4/c1-10-16-9-12(8-15)14(17-10)18-7-6-11-4-2-3-5-13(11)18/h2-5,9H,6-8,15H2,1H3. The first-order valence-electron chi connectivity index (χ1n) is 6.17. The van der Waals surface area contributed by atoms with Gasteiger partial charge in [0.05, 0.1) is 0 Å². The largest absolute Gasteiger partial charge is 0.326 e. The van der Waals surface area contributed by atoms with Crippen molar-refractivity contribution in [2.24, 2.45) is 5.73 Å². The van der Waals surface area contributed by atoms with Crippen molar-refractivity contribution in [3.63, 3.8) is 0 Å². The molecule has 0 fully saturated rings. The topological polar surface area (TPSA) is 55.0 Å². The van der Waals surface area contributed by atoms with E-state index in [0.29, 0.717) is 6.54 Å². The van der Waals surface area contributed by atoms with Gasteiger partial charge in [0.25, 0.3) is 0 Å². The van der Waals surface area contributed by atoms with E-state index in [1.165, 1.54) is 11.3 Å². The van der Waals surface area contributed by atoms with Crippen LogP contribution in [0.1, 0.15) is 17.0 Å². The summed E-state index contributed by atoms with van der Waals surface area (Å²) in [5, 5.41) is 0. The Morgan fingerprint density at radius 3 is 3.00 bits per heavy atom. The molecular formula is C14H16N4. The van der Waals surface area contributed by atoms with Gasteiger partial charge in [-0.2, -0.15) is 0 Å². The lowest BCUT2D eigenvalue weighted by atomic mass is 10.2.